The fourth-order valence-electron chi connectivity index (χ4n) is 1.43. The molecule has 44 valence electrons. The second-order valence-corrected chi connectivity index (χ2v) is 2.43. The monoisotopic (exact) mass is 111 g/mol. The largest absolute Gasteiger partial charge is 0.478 e. The SMILES string of the molecule is C1=NC2CCCC2O1. The number of aliphatic imine (C=N–C) groups is 1. The van der Waals surface area contributed by atoms with Gasteiger partial charge in [-0.15, -0.1) is 0 Å². The van der Waals surface area contributed by atoms with Crippen molar-refractivity contribution in [3.8, 4) is 0 Å². The summed E-state index contributed by atoms with van der Waals surface area (Å²) in [6.07, 6.45) is 5.81. The third-order valence-electron chi connectivity index (χ3n) is 1.91. The van der Waals surface area contributed by atoms with Crippen LogP contribution in [0.1, 0.15) is 19.3 Å². The molecule has 2 aliphatic rings. The molecule has 2 heteroatoms. The number of ether oxygens (including phenoxy) is 1. The van der Waals surface area contributed by atoms with Crippen LogP contribution in [0.4, 0.5) is 0 Å². The van der Waals surface area contributed by atoms with E-state index in [0.717, 1.165) is 0 Å². The molecule has 2 atom stereocenters. The Labute approximate surface area is 48.6 Å². The van der Waals surface area contributed by atoms with Gasteiger partial charge in [0.2, 0.25) is 0 Å². The average Bonchev–Trinajstić information content (AvgIpc) is 2.15. The van der Waals surface area contributed by atoms with Crippen molar-refractivity contribution in [1.29, 1.82) is 0 Å². The summed E-state index contributed by atoms with van der Waals surface area (Å²) in [5, 5.41) is 0. The van der Waals surface area contributed by atoms with E-state index in [1.165, 1.54) is 19.3 Å². The molecule has 0 N–H and O–H groups in total. The molecule has 2 unspecified atom stereocenters. The zero-order valence-electron chi connectivity index (χ0n) is 4.71. The van der Waals surface area contributed by atoms with Crippen molar-refractivity contribution in [2.24, 2.45) is 4.99 Å². The van der Waals surface area contributed by atoms with E-state index in [2.05, 4.69) is 4.99 Å². The fourth-order valence-corrected chi connectivity index (χ4v) is 1.43. The molecule has 0 aromatic heterocycles. The lowest BCUT2D eigenvalue weighted by molar-refractivity contribution is 0.220. The molecule has 1 saturated carbocycles. The summed E-state index contributed by atoms with van der Waals surface area (Å²) in [7, 11) is 0. The number of fused-ring (bicyclic) bond motifs is 1. The molecule has 2 nitrogen and oxygen atoms in total. The molecule has 0 spiro atoms. The first-order valence-corrected chi connectivity index (χ1v) is 3.14. The zero-order chi connectivity index (χ0) is 5.40. The number of nitrogens with zero attached hydrogens (tertiary/aromatic N) is 1. The predicted molar refractivity (Wildman–Crippen MR) is 31.0 cm³/mol. The molecule has 0 saturated heterocycles. The molecule has 0 bridgehead atoms. The highest BCUT2D eigenvalue weighted by Gasteiger charge is 2.30. The summed E-state index contributed by atoms with van der Waals surface area (Å²) < 4.78 is 5.19. The molecular formula is C6H9NO. The highest BCUT2D eigenvalue weighted by atomic mass is 16.5. The Bertz CT molecular complexity index is 122. The first-order chi connectivity index (χ1) is 3.97. The van der Waals surface area contributed by atoms with E-state index < -0.39 is 0 Å². The second kappa shape index (κ2) is 1.47. The summed E-state index contributed by atoms with van der Waals surface area (Å²) in [6, 6.07) is 0.523. The predicted octanol–water partition coefficient (Wildman–Crippen LogP) is 0.966. The Hall–Kier alpha value is -0.530. The van der Waals surface area contributed by atoms with Gasteiger partial charge in [0.25, 0.3) is 0 Å². The van der Waals surface area contributed by atoms with Gasteiger partial charge in [0.1, 0.15) is 6.10 Å². The van der Waals surface area contributed by atoms with Crippen molar-refractivity contribution in [3.63, 3.8) is 0 Å². The van der Waals surface area contributed by atoms with Gasteiger partial charge in [-0.2, -0.15) is 0 Å². The molecule has 1 fully saturated rings. The smallest absolute Gasteiger partial charge is 0.170 e. The Balaban J connectivity index is 2.13. The highest BCUT2D eigenvalue weighted by Crippen LogP contribution is 2.27. The molecule has 1 aliphatic carbocycles. The van der Waals surface area contributed by atoms with Crippen LogP contribution in [0, 0.1) is 0 Å². The molecular weight excluding hydrogens is 102 g/mol. The van der Waals surface area contributed by atoms with Gasteiger partial charge in [-0.3, -0.25) is 4.99 Å². The summed E-state index contributed by atoms with van der Waals surface area (Å²) >= 11 is 0. The topological polar surface area (TPSA) is 21.6 Å². The van der Waals surface area contributed by atoms with E-state index in [9.17, 15) is 0 Å². The molecule has 0 amide bonds. The van der Waals surface area contributed by atoms with Gasteiger partial charge < -0.3 is 4.74 Å². The molecule has 1 heterocycles. The van der Waals surface area contributed by atoms with Crippen LogP contribution in [0.15, 0.2) is 4.99 Å². The lowest BCUT2D eigenvalue weighted by Crippen LogP contribution is -2.12. The number of hydrogen-bond acceptors (Lipinski definition) is 2. The van der Waals surface area contributed by atoms with E-state index in [0.29, 0.717) is 12.1 Å². The van der Waals surface area contributed by atoms with Gasteiger partial charge in [-0.25, -0.2) is 0 Å². The van der Waals surface area contributed by atoms with Gasteiger partial charge in [0.15, 0.2) is 6.40 Å². The number of hydrogen-bond donors (Lipinski definition) is 0. The standard InChI is InChI=1S/C6H9NO/c1-2-5-6(3-1)8-4-7-5/h4-6H,1-3H2. The third-order valence-corrected chi connectivity index (χ3v) is 1.91. The fraction of sp³-hybridized carbons (Fsp3) is 0.833. The summed E-state index contributed by atoms with van der Waals surface area (Å²) in [4.78, 5) is 4.15. The van der Waals surface area contributed by atoms with E-state index in [4.69, 9.17) is 4.74 Å². The zero-order valence-corrected chi connectivity index (χ0v) is 4.71. The van der Waals surface area contributed by atoms with Crippen LogP contribution in [-0.4, -0.2) is 18.5 Å². The Kier molecular flexibility index (Phi) is 0.802. The van der Waals surface area contributed by atoms with Crippen LogP contribution in [0.3, 0.4) is 0 Å². The van der Waals surface area contributed by atoms with Crippen LogP contribution >= 0.6 is 0 Å². The normalized spacial score (nSPS) is 42.0. The van der Waals surface area contributed by atoms with Gasteiger partial charge in [0.05, 0.1) is 6.04 Å². The quantitative estimate of drug-likeness (QED) is 0.456. The molecule has 0 aromatic rings. The van der Waals surface area contributed by atoms with Crippen molar-refractivity contribution in [1.82, 2.24) is 0 Å². The van der Waals surface area contributed by atoms with Crippen molar-refractivity contribution in [2.75, 3.05) is 0 Å². The molecule has 0 aromatic carbocycles. The summed E-state index contributed by atoms with van der Waals surface area (Å²) in [5.74, 6) is 0. The molecule has 2 rings (SSSR count). The Morgan fingerprint density at radius 2 is 2.50 bits per heavy atom. The molecule has 1 aliphatic heterocycles. The van der Waals surface area contributed by atoms with Crippen LogP contribution in [0.25, 0.3) is 0 Å². The maximum absolute atomic E-state index is 5.19. The van der Waals surface area contributed by atoms with Crippen molar-refractivity contribution in [2.45, 2.75) is 31.4 Å². The molecule has 8 heavy (non-hydrogen) atoms. The maximum Gasteiger partial charge on any atom is 0.170 e. The second-order valence-electron chi connectivity index (χ2n) is 2.43. The van der Waals surface area contributed by atoms with Crippen LogP contribution in [-0.2, 0) is 4.74 Å². The summed E-state index contributed by atoms with van der Waals surface area (Å²) in [5.41, 5.74) is 0. The van der Waals surface area contributed by atoms with Gasteiger partial charge in [0, 0.05) is 0 Å². The highest BCUT2D eigenvalue weighted by molar-refractivity contribution is 5.50. The average molecular weight is 111 g/mol. The van der Waals surface area contributed by atoms with Crippen LogP contribution in [0.2, 0.25) is 0 Å². The molecule has 0 radical (unpaired) electrons. The van der Waals surface area contributed by atoms with Crippen molar-refractivity contribution in [3.05, 3.63) is 0 Å². The minimum Gasteiger partial charge on any atom is -0.478 e. The van der Waals surface area contributed by atoms with Crippen molar-refractivity contribution < 1.29 is 4.74 Å². The lowest BCUT2D eigenvalue weighted by Gasteiger charge is -2.03. The van der Waals surface area contributed by atoms with Gasteiger partial charge in [-0.05, 0) is 19.3 Å². The van der Waals surface area contributed by atoms with E-state index in [-0.39, 0.29) is 0 Å². The Morgan fingerprint density at radius 3 is 3.38 bits per heavy atom. The number of rotatable bonds is 0. The van der Waals surface area contributed by atoms with E-state index >= 15 is 0 Å². The maximum atomic E-state index is 5.19. The first kappa shape index (κ1) is 4.36. The van der Waals surface area contributed by atoms with Gasteiger partial charge in [-0.1, -0.05) is 0 Å². The van der Waals surface area contributed by atoms with E-state index in [1.54, 1.807) is 6.40 Å². The van der Waals surface area contributed by atoms with Crippen molar-refractivity contribution >= 4 is 6.40 Å². The van der Waals surface area contributed by atoms with Crippen LogP contribution in [0.5, 0.6) is 0 Å². The van der Waals surface area contributed by atoms with E-state index in [1.807, 2.05) is 0 Å². The first-order valence-electron chi connectivity index (χ1n) is 3.14. The third kappa shape index (κ3) is 0.457. The summed E-state index contributed by atoms with van der Waals surface area (Å²) in [6.45, 7) is 0. The Morgan fingerprint density at radius 1 is 1.50 bits per heavy atom. The minimum atomic E-state index is 0.454. The lowest BCUT2D eigenvalue weighted by atomic mass is 10.2. The van der Waals surface area contributed by atoms with Gasteiger partial charge >= 0.3 is 0 Å². The minimum absolute atomic E-state index is 0.454. The van der Waals surface area contributed by atoms with Crippen LogP contribution < -0.4 is 0 Å².